The molecule has 85 heavy (non-hydrogen) atoms. The number of hydrogen-bond donors (Lipinski definition) is 2. The highest BCUT2D eigenvalue weighted by Crippen LogP contribution is 2.43. The van der Waals surface area contributed by atoms with Gasteiger partial charge in [0.25, 0.3) is 21.9 Å². The molecule has 5 atom stereocenters. The number of amides is 4. The second-order valence-corrected chi connectivity index (χ2v) is 28.2. The number of nitrogens with zero attached hydrogens (tertiary/aromatic N) is 3. The maximum atomic E-state index is 14.2. The number of benzene rings is 5. The lowest BCUT2D eigenvalue weighted by atomic mass is 9.92. The van der Waals surface area contributed by atoms with Gasteiger partial charge in [0, 0.05) is 83.0 Å². The second kappa shape index (κ2) is 26.7. The minimum Gasteiger partial charge on any atom is -0.493 e. The molecule has 0 aliphatic carbocycles. The number of methoxy groups -OCH3 is 1. The lowest BCUT2D eigenvalue weighted by Gasteiger charge is -2.25. The van der Waals surface area contributed by atoms with Crippen molar-refractivity contribution < 1.29 is 55.6 Å². The number of nitrogens with one attached hydrogen (secondary N) is 2. The molecule has 9 rings (SSSR count). The van der Waals surface area contributed by atoms with Crippen molar-refractivity contribution in [2.75, 3.05) is 35.1 Å². The van der Waals surface area contributed by atoms with Crippen molar-refractivity contribution in [2.24, 2.45) is 16.8 Å². The number of fused-ring (bicyclic) bond motifs is 8. The quantitative estimate of drug-likeness (QED) is 0.0299. The maximum Gasteiger partial charge on any atom is 0.277 e. The molecule has 5 aromatic carbocycles. The third-order valence-electron chi connectivity index (χ3n) is 16.2. The van der Waals surface area contributed by atoms with Gasteiger partial charge in [0.2, 0.25) is 11.8 Å². The zero-order chi connectivity index (χ0) is 60.9. The molecule has 0 spiro atoms. The van der Waals surface area contributed by atoms with Gasteiger partial charge in [0.1, 0.15) is 24.2 Å². The van der Waals surface area contributed by atoms with E-state index in [1.807, 2.05) is 111 Å². The number of hydrogen-bond acceptors (Lipinski definition) is 15. The largest absolute Gasteiger partial charge is 0.493 e. The molecular formula is C65H75N5O12S3. The van der Waals surface area contributed by atoms with Crippen LogP contribution < -0.4 is 34.6 Å². The predicted octanol–water partition coefficient (Wildman–Crippen LogP) is 11.3. The third kappa shape index (κ3) is 14.3. The van der Waals surface area contributed by atoms with E-state index in [0.717, 1.165) is 53.6 Å². The zero-order valence-corrected chi connectivity index (χ0v) is 52.1. The summed E-state index contributed by atoms with van der Waals surface area (Å²) in [5.74, 6) is -0.938. The van der Waals surface area contributed by atoms with E-state index in [9.17, 15) is 37.2 Å². The lowest BCUT2D eigenvalue weighted by Crippen LogP contribution is -2.45. The van der Waals surface area contributed by atoms with Gasteiger partial charge in [-0.25, -0.2) is 0 Å². The summed E-state index contributed by atoms with van der Waals surface area (Å²) >= 11 is 0. The first-order valence-corrected chi connectivity index (χ1v) is 32.7. The smallest absolute Gasteiger partial charge is 0.277 e. The van der Waals surface area contributed by atoms with Gasteiger partial charge in [0.15, 0.2) is 23.1 Å². The third-order valence-corrected chi connectivity index (χ3v) is 21.2. The standard InChI is InChI=1S/C65H75N5O12S3/c1-10-54(71)59(85(77,78)80-9)22-24-83-84-65(6,7)23-21-60(73)68-61(38(2)3)55(72)26-40(5)62(74)67-46-28-41(36-81-56-34-51-50(25-39(56)4)64(76)70-48(35-66-51)31-45-16-12-14-18-53(45)70)27-42(29-46)37-82-58-32-43-19-20-47-30-44-15-11-13-17-52(44)69(47)63(75)49(43)33-57(58)79-8/h11-18,25,27-29,32-35,38,40,47-48,59,61H,10,19-24,26,30-31,36-37H2,1-9H3,(H,67,74)(H,68,73)/t40-,47-,48+,59?,61+/m1/s1. The fourth-order valence-corrected chi connectivity index (χ4v) is 15.4. The number of aliphatic imine (C=N–C) groups is 1. The van der Waals surface area contributed by atoms with Crippen LogP contribution in [0.3, 0.4) is 0 Å². The molecule has 1 unspecified atom stereocenters. The molecule has 4 amide bonds. The molecule has 0 saturated carbocycles. The summed E-state index contributed by atoms with van der Waals surface area (Å²) in [5, 5.41) is 4.72. The van der Waals surface area contributed by atoms with Crippen LogP contribution in [0, 0.1) is 18.8 Å². The van der Waals surface area contributed by atoms with E-state index in [-0.39, 0.29) is 80.4 Å². The van der Waals surface area contributed by atoms with Crippen molar-refractivity contribution >= 4 is 95.9 Å². The van der Waals surface area contributed by atoms with Crippen LogP contribution in [0.4, 0.5) is 22.7 Å². The van der Waals surface area contributed by atoms with Crippen molar-refractivity contribution in [3.63, 3.8) is 0 Å². The number of para-hydroxylation sites is 2. The summed E-state index contributed by atoms with van der Waals surface area (Å²) in [6, 6.07) is 27.7. The molecule has 20 heteroatoms. The predicted molar refractivity (Wildman–Crippen MR) is 334 cm³/mol. The number of ketones is 2. The minimum atomic E-state index is -4.01. The number of anilines is 3. The summed E-state index contributed by atoms with van der Waals surface area (Å²) in [6.07, 6.45) is 5.33. The van der Waals surface area contributed by atoms with Crippen LogP contribution >= 0.6 is 21.6 Å². The van der Waals surface area contributed by atoms with E-state index in [4.69, 9.17) is 19.2 Å². The van der Waals surface area contributed by atoms with E-state index < -0.39 is 43.8 Å². The molecular weight excluding hydrogens is 1140 g/mol. The Hall–Kier alpha value is -7.00. The highest BCUT2D eigenvalue weighted by Gasteiger charge is 2.39. The molecule has 4 heterocycles. The molecule has 0 bridgehead atoms. The lowest BCUT2D eigenvalue weighted by molar-refractivity contribution is -0.131. The molecule has 0 fully saturated rings. The topological polar surface area (TPSA) is 216 Å². The van der Waals surface area contributed by atoms with E-state index in [0.29, 0.717) is 75.9 Å². The maximum absolute atomic E-state index is 14.2. The Balaban J connectivity index is 0.880. The number of rotatable bonds is 26. The highest BCUT2D eigenvalue weighted by atomic mass is 33.1. The van der Waals surface area contributed by atoms with Gasteiger partial charge in [-0.15, -0.1) is 0 Å². The van der Waals surface area contributed by atoms with Crippen LogP contribution in [0.1, 0.15) is 134 Å². The summed E-state index contributed by atoms with van der Waals surface area (Å²) in [7, 11) is 1.49. The Labute approximate surface area is 506 Å². The fraction of sp³-hybridized carbons (Fsp3) is 0.431. The van der Waals surface area contributed by atoms with E-state index in [1.54, 1.807) is 38.1 Å². The molecule has 0 saturated heterocycles. The Morgan fingerprint density at radius 3 is 2.12 bits per heavy atom. The Morgan fingerprint density at radius 1 is 0.788 bits per heavy atom. The monoisotopic (exact) mass is 1210 g/mol. The van der Waals surface area contributed by atoms with E-state index >= 15 is 0 Å². The average molecular weight is 1210 g/mol. The highest BCUT2D eigenvalue weighted by molar-refractivity contribution is 8.77. The number of ether oxygens (including phenoxy) is 3. The summed E-state index contributed by atoms with van der Waals surface area (Å²) < 4.78 is 47.9. The van der Waals surface area contributed by atoms with Gasteiger partial charge in [-0.2, -0.15) is 8.42 Å². The van der Waals surface area contributed by atoms with Crippen molar-refractivity contribution in [2.45, 2.75) is 148 Å². The van der Waals surface area contributed by atoms with Crippen LogP contribution in [0.2, 0.25) is 0 Å². The zero-order valence-electron chi connectivity index (χ0n) is 49.7. The van der Waals surface area contributed by atoms with Crippen LogP contribution in [0.15, 0.2) is 96.0 Å². The van der Waals surface area contributed by atoms with Gasteiger partial charge in [0.05, 0.1) is 37.6 Å². The number of carbonyl (C=O) groups excluding carboxylic acids is 6. The first-order chi connectivity index (χ1) is 40.6. The minimum absolute atomic E-state index is 0.0406. The molecule has 4 aliphatic rings. The van der Waals surface area contributed by atoms with Crippen LogP contribution in [-0.4, -0.2) is 97.9 Å². The Kier molecular flexibility index (Phi) is 19.7. The van der Waals surface area contributed by atoms with Gasteiger partial charge >= 0.3 is 0 Å². The SMILES string of the molecule is CCC(=O)C(CCSSC(C)(C)CCC(=O)N[C@H](C(=O)C[C@@H](C)C(=O)Nc1cc(COc2cc3c(cc2C)C(=O)N2c4ccccc4C[C@H]2C=N3)cc(COc2cc3c(cc2OC)C(=O)N2c4ccccc4C[C@H]2CC3)c1)C(C)C)S(=O)(=O)OC. The fourth-order valence-electron chi connectivity index (χ4n) is 11.5. The van der Waals surface area contributed by atoms with Gasteiger partial charge in [-0.05, 0) is 141 Å². The molecule has 17 nitrogen and oxygen atoms in total. The number of aryl methyl sites for hydroxylation is 2. The molecule has 0 radical (unpaired) electrons. The van der Waals surface area contributed by atoms with Crippen molar-refractivity contribution in [3.8, 4) is 17.2 Å². The van der Waals surface area contributed by atoms with Gasteiger partial charge in [-0.3, -0.25) is 42.8 Å². The number of Topliss-reactive ketones (excluding diaryl/α,β-unsaturated/α-hetero) is 2. The van der Waals surface area contributed by atoms with Crippen molar-refractivity contribution in [1.82, 2.24) is 5.32 Å². The van der Waals surface area contributed by atoms with Crippen LogP contribution in [0.5, 0.6) is 17.2 Å². The summed E-state index contributed by atoms with van der Waals surface area (Å²) in [5.41, 5.74) is 9.00. The second-order valence-electron chi connectivity index (χ2n) is 23.2. The summed E-state index contributed by atoms with van der Waals surface area (Å²) in [6.45, 7) is 12.9. The van der Waals surface area contributed by atoms with Crippen molar-refractivity contribution in [3.05, 3.63) is 136 Å². The normalized spacial score (nSPS) is 17.1. The van der Waals surface area contributed by atoms with Crippen LogP contribution in [0.25, 0.3) is 0 Å². The molecule has 5 aromatic rings. The van der Waals surface area contributed by atoms with Crippen molar-refractivity contribution in [1.29, 1.82) is 0 Å². The molecule has 0 aromatic heterocycles. The van der Waals surface area contributed by atoms with E-state index in [1.165, 1.54) is 28.7 Å². The van der Waals surface area contributed by atoms with Gasteiger partial charge < -0.3 is 29.7 Å². The average Bonchev–Trinajstić information content (AvgIpc) is 2.72. The number of carbonyl (C=O) groups is 6. The van der Waals surface area contributed by atoms with Gasteiger partial charge in [-0.1, -0.05) is 85.7 Å². The Bertz CT molecular complexity index is 3550. The first-order valence-electron chi connectivity index (χ1n) is 28.9. The molecule has 450 valence electrons. The first kappa shape index (κ1) is 62.5. The summed E-state index contributed by atoms with van der Waals surface area (Å²) in [4.78, 5) is 90.8. The Morgan fingerprint density at radius 2 is 1.45 bits per heavy atom. The van der Waals surface area contributed by atoms with E-state index in [2.05, 4.69) is 20.9 Å². The molecule has 2 N–H and O–H groups in total. The van der Waals surface area contributed by atoms with Crippen LogP contribution in [-0.2, 0) is 66.0 Å². The molecule has 4 aliphatic heterocycles.